The summed E-state index contributed by atoms with van der Waals surface area (Å²) in [4.78, 5) is 39.6. The number of hydrogen-bond acceptors (Lipinski definition) is 8. The minimum Gasteiger partial charge on any atom is -0.444 e. The lowest BCUT2D eigenvalue weighted by Crippen LogP contribution is -2.50. The molecule has 2 aromatic rings. The number of fused-ring (bicyclic) bond motifs is 1. The van der Waals surface area contributed by atoms with Gasteiger partial charge in [0.2, 0.25) is 5.95 Å². The molecule has 1 saturated heterocycles. The average molecular weight is 551 g/mol. The first-order valence-corrected chi connectivity index (χ1v) is 14.5. The van der Waals surface area contributed by atoms with Crippen LogP contribution < -0.4 is 10.2 Å². The van der Waals surface area contributed by atoms with Gasteiger partial charge in [-0.05, 0) is 58.1 Å². The Hall–Kier alpha value is -3.40. The van der Waals surface area contributed by atoms with Crippen LogP contribution in [0.2, 0.25) is 0 Å². The topological polar surface area (TPSA) is 100 Å². The second-order valence-electron chi connectivity index (χ2n) is 12.1. The molecule has 2 fully saturated rings. The maximum atomic E-state index is 12.5. The SMILES string of the molecule is CCN1C(=O)OCc2cnc(NC(C)c3ccc([C@@H](CC4CC4)N4CCN(C(=O)OC(C)(C)C)CC4)cc3)nc21. The van der Waals surface area contributed by atoms with Crippen LogP contribution in [-0.2, 0) is 16.1 Å². The molecule has 3 heterocycles. The lowest BCUT2D eigenvalue weighted by Gasteiger charge is -2.40. The number of anilines is 2. The lowest BCUT2D eigenvalue weighted by atomic mass is 9.96. The Morgan fingerprint density at radius 1 is 1.12 bits per heavy atom. The molecule has 2 aliphatic heterocycles. The van der Waals surface area contributed by atoms with Crippen LogP contribution >= 0.6 is 0 Å². The number of carbonyl (C=O) groups is 2. The second-order valence-corrected chi connectivity index (χ2v) is 12.1. The fourth-order valence-corrected chi connectivity index (χ4v) is 5.38. The Bertz CT molecular complexity index is 1200. The first kappa shape index (κ1) is 28.1. The summed E-state index contributed by atoms with van der Waals surface area (Å²) in [6.45, 7) is 13.4. The van der Waals surface area contributed by atoms with Crippen molar-refractivity contribution in [1.29, 1.82) is 0 Å². The smallest absolute Gasteiger partial charge is 0.415 e. The molecule has 0 radical (unpaired) electrons. The first-order valence-electron chi connectivity index (χ1n) is 14.5. The van der Waals surface area contributed by atoms with E-state index in [2.05, 4.69) is 51.4 Å². The van der Waals surface area contributed by atoms with Crippen molar-refractivity contribution in [1.82, 2.24) is 19.8 Å². The van der Waals surface area contributed by atoms with Crippen molar-refractivity contribution in [2.75, 3.05) is 42.9 Å². The number of piperazine rings is 1. The summed E-state index contributed by atoms with van der Waals surface area (Å²) < 4.78 is 10.8. The van der Waals surface area contributed by atoms with Crippen molar-refractivity contribution < 1.29 is 19.1 Å². The van der Waals surface area contributed by atoms with E-state index in [4.69, 9.17) is 9.47 Å². The molecule has 1 saturated carbocycles. The van der Waals surface area contributed by atoms with Gasteiger partial charge in [-0.3, -0.25) is 9.80 Å². The highest BCUT2D eigenvalue weighted by Gasteiger charge is 2.33. The highest BCUT2D eigenvalue weighted by Crippen LogP contribution is 2.40. The molecule has 10 heteroatoms. The average Bonchev–Trinajstić information content (AvgIpc) is 3.75. The Kier molecular flexibility index (Phi) is 8.16. The number of benzene rings is 1. The fraction of sp³-hybridized carbons (Fsp3) is 0.600. The summed E-state index contributed by atoms with van der Waals surface area (Å²) in [6, 6.07) is 9.16. The zero-order valence-corrected chi connectivity index (χ0v) is 24.4. The third kappa shape index (κ3) is 6.66. The van der Waals surface area contributed by atoms with Crippen LogP contribution in [0.5, 0.6) is 0 Å². The van der Waals surface area contributed by atoms with Gasteiger partial charge in [0.15, 0.2) is 0 Å². The van der Waals surface area contributed by atoms with Gasteiger partial charge in [-0.25, -0.2) is 14.6 Å². The highest BCUT2D eigenvalue weighted by atomic mass is 16.6. The molecule has 1 N–H and O–H groups in total. The van der Waals surface area contributed by atoms with Gasteiger partial charge in [-0.2, -0.15) is 4.98 Å². The standard InChI is InChI=1S/C30H42N6O4/c1-6-36-26-24(19-39-29(36)38)18-31-27(33-26)32-20(2)22-9-11-23(12-10-22)25(17-21-7-8-21)34-13-15-35(16-14-34)28(37)40-30(3,4)5/h9-12,18,20-21,25H,6-8,13-17,19H2,1-5H3,(H,31,32,33)/t20?,25-/m1/s1. The van der Waals surface area contributed by atoms with E-state index in [0.717, 1.165) is 36.6 Å². The van der Waals surface area contributed by atoms with Crippen molar-refractivity contribution in [2.24, 2.45) is 5.92 Å². The van der Waals surface area contributed by atoms with Gasteiger partial charge in [0.05, 0.1) is 11.6 Å². The van der Waals surface area contributed by atoms with E-state index in [9.17, 15) is 9.59 Å². The van der Waals surface area contributed by atoms with Crippen LogP contribution in [0.25, 0.3) is 0 Å². The molecule has 2 amide bonds. The van der Waals surface area contributed by atoms with Crippen molar-refractivity contribution in [3.63, 3.8) is 0 Å². The predicted molar refractivity (Wildman–Crippen MR) is 153 cm³/mol. The molecule has 1 unspecified atom stereocenters. The summed E-state index contributed by atoms with van der Waals surface area (Å²) in [7, 11) is 0. The summed E-state index contributed by atoms with van der Waals surface area (Å²) in [5.74, 6) is 1.88. The quantitative estimate of drug-likeness (QED) is 0.459. The van der Waals surface area contributed by atoms with Gasteiger partial charge < -0.3 is 19.7 Å². The van der Waals surface area contributed by atoms with E-state index in [1.165, 1.54) is 23.3 Å². The molecule has 1 aromatic heterocycles. The maximum Gasteiger partial charge on any atom is 0.415 e. The number of rotatable bonds is 8. The monoisotopic (exact) mass is 550 g/mol. The van der Waals surface area contributed by atoms with Gasteiger partial charge in [0, 0.05) is 45.0 Å². The molecular formula is C30H42N6O4. The Morgan fingerprint density at radius 3 is 2.42 bits per heavy atom. The first-order chi connectivity index (χ1) is 19.1. The number of cyclic esters (lactones) is 1. The van der Waals surface area contributed by atoms with Crippen LogP contribution in [0.4, 0.5) is 21.4 Å². The summed E-state index contributed by atoms with van der Waals surface area (Å²) in [5, 5.41) is 3.39. The van der Waals surface area contributed by atoms with Crippen LogP contribution in [0.15, 0.2) is 30.5 Å². The number of hydrogen-bond donors (Lipinski definition) is 1. The largest absolute Gasteiger partial charge is 0.444 e. The van der Waals surface area contributed by atoms with Gasteiger partial charge in [-0.1, -0.05) is 37.1 Å². The molecule has 10 nitrogen and oxygen atoms in total. The number of nitrogens with one attached hydrogen (secondary N) is 1. The minimum absolute atomic E-state index is 0.0167. The van der Waals surface area contributed by atoms with Gasteiger partial charge >= 0.3 is 12.2 Å². The van der Waals surface area contributed by atoms with Crippen LogP contribution in [-0.4, -0.2) is 70.3 Å². The molecule has 5 rings (SSSR count). The number of ether oxygens (including phenoxy) is 2. The zero-order valence-electron chi connectivity index (χ0n) is 24.4. The third-order valence-corrected chi connectivity index (χ3v) is 7.81. The number of aromatic nitrogens is 2. The maximum absolute atomic E-state index is 12.5. The second kappa shape index (κ2) is 11.6. The lowest BCUT2D eigenvalue weighted by molar-refractivity contribution is 0.00941. The number of amides is 2. The molecular weight excluding hydrogens is 508 g/mol. The molecule has 40 heavy (non-hydrogen) atoms. The summed E-state index contributed by atoms with van der Waals surface area (Å²) in [6.07, 6.45) is 4.89. The van der Waals surface area contributed by atoms with E-state index in [-0.39, 0.29) is 24.8 Å². The normalized spacial score (nSPS) is 19.5. The molecule has 2 atom stereocenters. The summed E-state index contributed by atoms with van der Waals surface area (Å²) in [5.41, 5.74) is 2.77. The van der Waals surface area contributed by atoms with Crippen LogP contribution in [0.1, 0.15) is 82.7 Å². The predicted octanol–water partition coefficient (Wildman–Crippen LogP) is 5.52. The van der Waals surface area contributed by atoms with E-state index < -0.39 is 5.60 Å². The number of carbonyl (C=O) groups excluding carboxylic acids is 2. The minimum atomic E-state index is -0.480. The van der Waals surface area contributed by atoms with Gasteiger partial charge in [0.25, 0.3) is 0 Å². The molecule has 3 aliphatic rings. The molecule has 0 bridgehead atoms. The molecule has 0 spiro atoms. The zero-order chi connectivity index (χ0) is 28.4. The van der Waals surface area contributed by atoms with Gasteiger partial charge in [0.1, 0.15) is 18.0 Å². The Morgan fingerprint density at radius 2 is 1.80 bits per heavy atom. The van der Waals surface area contributed by atoms with Crippen molar-refractivity contribution in [3.05, 3.63) is 47.2 Å². The summed E-state index contributed by atoms with van der Waals surface area (Å²) >= 11 is 0. The fourth-order valence-electron chi connectivity index (χ4n) is 5.38. The molecule has 216 valence electrons. The Labute approximate surface area is 237 Å². The third-order valence-electron chi connectivity index (χ3n) is 7.81. The van der Waals surface area contributed by atoms with Crippen LogP contribution in [0.3, 0.4) is 0 Å². The van der Waals surface area contributed by atoms with E-state index in [1.807, 2.05) is 32.6 Å². The highest BCUT2D eigenvalue weighted by molar-refractivity contribution is 5.89. The van der Waals surface area contributed by atoms with Crippen molar-refractivity contribution in [3.8, 4) is 0 Å². The molecule has 1 aliphatic carbocycles. The van der Waals surface area contributed by atoms with E-state index in [0.29, 0.717) is 37.4 Å². The van der Waals surface area contributed by atoms with Crippen molar-refractivity contribution in [2.45, 2.75) is 78.2 Å². The van der Waals surface area contributed by atoms with E-state index >= 15 is 0 Å². The van der Waals surface area contributed by atoms with Crippen LogP contribution in [0, 0.1) is 5.92 Å². The Balaban J connectivity index is 1.23. The molecule has 1 aromatic carbocycles. The number of nitrogens with zero attached hydrogens (tertiary/aromatic N) is 5. The van der Waals surface area contributed by atoms with Gasteiger partial charge in [-0.15, -0.1) is 0 Å². The van der Waals surface area contributed by atoms with Crippen molar-refractivity contribution >= 4 is 24.0 Å². The van der Waals surface area contributed by atoms with E-state index in [1.54, 1.807) is 6.20 Å².